The van der Waals surface area contributed by atoms with Crippen molar-refractivity contribution in [3.8, 4) is 11.5 Å². The van der Waals surface area contributed by atoms with Gasteiger partial charge < -0.3 is 30.4 Å². The van der Waals surface area contributed by atoms with Crippen LogP contribution in [0.4, 0.5) is 5.69 Å². The number of aryl methyl sites for hydroxylation is 1. The number of likely N-dealkylation sites (N-methyl/N-ethyl adjacent to an activating group) is 1. The number of carbonyl (C=O) groups is 2. The Bertz CT molecular complexity index is 1370. The summed E-state index contributed by atoms with van der Waals surface area (Å²) >= 11 is 1.61. The third-order valence-electron chi connectivity index (χ3n) is 6.21. The molecular formula is C28H34N4O4S2. The summed E-state index contributed by atoms with van der Waals surface area (Å²) in [6.45, 7) is 0.616. The van der Waals surface area contributed by atoms with E-state index in [1.54, 1.807) is 61.8 Å². The van der Waals surface area contributed by atoms with Crippen molar-refractivity contribution in [2.75, 3.05) is 33.1 Å². The van der Waals surface area contributed by atoms with E-state index in [0.717, 1.165) is 34.3 Å². The molecule has 0 aliphatic heterocycles. The van der Waals surface area contributed by atoms with Crippen LogP contribution in [0.25, 0.3) is 10.9 Å². The summed E-state index contributed by atoms with van der Waals surface area (Å²) in [4.78, 5) is 31.7. The molecule has 2 aromatic heterocycles. The molecule has 0 radical (unpaired) electrons. The molecule has 10 heteroatoms. The Hall–Kier alpha value is -3.47. The number of anilines is 1. The van der Waals surface area contributed by atoms with Gasteiger partial charge in [-0.15, -0.1) is 11.3 Å². The van der Waals surface area contributed by atoms with E-state index >= 15 is 0 Å². The molecule has 2 heterocycles. The Balaban J connectivity index is 0.00000400. The molecule has 8 nitrogen and oxygen atoms in total. The molecule has 0 aliphatic carbocycles. The number of nitrogens with two attached hydrogens (primary N) is 1. The lowest BCUT2D eigenvalue weighted by Gasteiger charge is -2.21. The molecule has 4 rings (SSSR count). The van der Waals surface area contributed by atoms with Crippen molar-refractivity contribution in [3.63, 3.8) is 0 Å². The van der Waals surface area contributed by atoms with Crippen molar-refractivity contribution >= 4 is 53.2 Å². The van der Waals surface area contributed by atoms with Crippen molar-refractivity contribution in [2.24, 2.45) is 5.73 Å². The Morgan fingerprint density at radius 1 is 1.08 bits per heavy atom. The highest BCUT2D eigenvalue weighted by atomic mass is 32.1. The van der Waals surface area contributed by atoms with E-state index in [-0.39, 0.29) is 25.3 Å². The van der Waals surface area contributed by atoms with Crippen LogP contribution in [0.15, 0.2) is 60.0 Å². The van der Waals surface area contributed by atoms with E-state index in [1.165, 1.54) is 0 Å². The maximum absolute atomic E-state index is 12.8. The standard InChI is InChI=1S/C28H32N4O4S.H2S/c1-32(28(34)23(29)17-22-7-5-13-37-22)12-4-6-20-15-19-14-18(8-10-24(19)30-20)27(33)31-21-9-11-25(35-2)26(16-21)36-3;/h5,7-11,13-16,23,30H,4,6,12,17,29H2,1-3H3,(H,31,33);1H2/t23-;/m0./s1. The first kappa shape index (κ1) is 29.1. The fourth-order valence-corrected chi connectivity index (χ4v) is 4.98. The van der Waals surface area contributed by atoms with Gasteiger partial charge >= 0.3 is 0 Å². The number of aromatic amines is 1. The number of carbonyl (C=O) groups excluding carboxylic acids is 2. The van der Waals surface area contributed by atoms with Gasteiger partial charge in [-0.25, -0.2) is 0 Å². The number of rotatable bonds is 11. The van der Waals surface area contributed by atoms with Gasteiger partial charge in [-0.1, -0.05) is 6.07 Å². The number of nitrogens with zero attached hydrogens (tertiary/aromatic N) is 1. The average Bonchev–Trinajstić information content (AvgIpc) is 3.56. The van der Waals surface area contributed by atoms with Crippen LogP contribution in [0.1, 0.15) is 27.3 Å². The SMILES string of the molecule is COc1ccc(NC(=O)c2ccc3[nH]c(CCCN(C)C(=O)[C@@H](N)Cc4cccs4)cc3c2)cc1OC.S. The normalized spacial score (nSPS) is 11.5. The summed E-state index contributed by atoms with van der Waals surface area (Å²) in [5.41, 5.74) is 9.30. The number of fused-ring (bicyclic) bond motifs is 1. The molecule has 0 saturated carbocycles. The molecule has 1 atom stereocenters. The number of aromatic nitrogens is 1. The van der Waals surface area contributed by atoms with Crippen molar-refractivity contribution < 1.29 is 19.1 Å². The van der Waals surface area contributed by atoms with Gasteiger partial charge in [0.05, 0.1) is 20.3 Å². The molecule has 0 spiro atoms. The van der Waals surface area contributed by atoms with Gasteiger partial charge in [0.1, 0.15) is 0 Å². The largest absolute Gasteiger partial charge is 0.493 e. The van der Waals surface area contributed by atoms with E-state index in [9.17, 15) is 9.59 Å². The predicted molar refractivity (Wildman–Crippen MR) is 158 cm³/mol. The van der Waals surface area contributed by atoms with Crippen molar-refractivity contribution in [1.82, 2.24) is 9.88 Å². The van der Waals surface area contributed by atoms with Gasteiger partial charge in [0.2, 0.25) is 5.91 Å². The minimum atomic E-state index is -0.528. The monoisotopic (exact) mass is 554 g/mol. The fourth-order valence-electron chi connectivity index (χ4n) is 4.22. The molecule has 2 amide bonds. The lowest BCUT2D eigenvalue weighted by Crippen LogP contribution is -2.43. The molecular weight excluding hydrogens is 520 g/mol. The number of benzene rings is 2. The molecule has 2 aromatic carbocycles. The van der Waals surface area contributed by atoms with E-state index < -0.39 is 6.04 Å². The number of thiophene rings is 1. The highest BCUT2D eigenvalue weighted by Gasteiger charge is 2.19. The van der Waals surface area contributed by atoms with Gasteiger partial charge in [0.15, 0.2) is 11.5 Å². The van der Waals surface area contributed by atoms with E-state index in [2.05, 4.69) is 10.3 Å². The topological polar surface area (TPSA) is 110 Å². The zero-order valence-electron chi connectivity index (χ0n) is 21.7. The minimum absolute atomic E-state index is 0. The quantitative estimate of drug-likeness (QED) is 0.252. The van der Waals surface area contributed by atoms with Gasteiger partial charge in [0.25, 0.3) is 5.91 Å². The van der Waals surface area contributed by atoms with Crippen molar-refractivity contribution in [1.29, 1.82) is 0 Å². The lowest BCUT2D eigenvalue weighted by molar-refractivity contribution is -0.131. The fraction of sp³-hybridized carbons (Fsp3) is 0.286. The van der Waals surface area contributed by atoms with Gasteiger partial charge in [-0.2, -0.15) is 13.5 Å². The van der Waals surface area contributed by atoms with Gasteiger partial charge in [-0.3, -0.25) is 9.59 Å². The summed E-state index contributed by atoms with van der Waals surface area (Å²) in [6, 6.07) is 16.3. The number of hydrogen-bond acceptors (Lipinski definition) is 6. The minimum Gasteiger partial charge on any atom is -0.493 e. The Kier molecular flexibility index (Phi) is 10.2. The first-order chi connectivity index (χ1) is 17.9. The van der Waals surface area contributed by atoms with Gasteiger partial charge in [-0.05, 0) is 60.7 Å². The lowest BCUT2D eigenvalue weighted by atomic mass is 10.1. The van der Waals surface area contributed by atoms with Crippen LogP contribution in [-0.2, 0) is 17.6 Å². The van der Waals surface area contributed by atoms with Crippen LogP contribution in [0, 0.1) is 0 Å². The summed E-state index contributed by atoms with van der Waals surface area (Å²) in [7, 11) is 4.92. The maximum Gasteiger partial charge on any atom is 0.255 e. The van der Waals surface area contributed by atoms with E-state index in [4.69, 9.17) is 15.2 Å². The van der Waals surface area contributed by atoms with Crippen molar-refractivity contribution in [2.45, 2.75) is 25.3 Å². The number of amides is 2. The molecule has 202 valence electrons. The molecule has 0 saturated heterocycles. The van der Waals surface area contributed by atoms with Crippen LogP contribution in [0.5, 0.6) is 11.5 Å². The summed E-state index contributed by atoms with van der Waals surface area (Å²) in [5, 5.41) is 5.85. The van der Waals surface area contributed by atoms with Crippen LogP contribution in [0.2, 0.25) is 0 Å². The Morgan fingerprint density at radius 2 is 1.87 bits per heavy atom. The molecule has 0 fully saturated rings. The average molecular weight is 555 g/mol. The summed E-state index contributed by atoms with van der Waals surface area (Å²) < 4.78 is 10.6. The molecule has 0 bridgehead atoms. The number of ether oxygens (including phenoxy) is 2. The summed E-state index contributed by atoms with van der Waals surface area (Å²) in [5.74, 6) is 0.882. The van der Waals surface area contributed by atoms with Crippen LogP contribution >= 0.6 is 24.8 Å². The number of H-pyrrole nitrogens is 1. The molecule has 0 aliphatic rings. The Morgan fingerprint density at radius 3 is 2.58 bits per heavy atom. The number of nitrogens with one attached hydrogen (secondary N) is 2. The van der Waals surface area contributed by atoms with E-state index in [0.29, 0.717) is 35.7 Å². The second-order valence-electron chi connectivity index (χ2n) is 8.87. The maximum atomic E-state index is 12.8. The third-order valence-corrected chi connectivity index (χ3v) is 7.11. The van der Waals surface area contributed by atoms with Crippen LogP contribution in [0.3, 0.4) is 0 Å². The third kappa shape index (κ3) is 7.09. The highest BCUT2D eigenvalue weighted by Crippen LogP contribution is 2.30. The molecule has 38 heavy (non-hydrogen) atoms. The summed E-state index contributed by atoms with van der Waals surface area (Å²) in [6.07, 6.45) is 2.14. The van der Waals surface area contributed by atoms with E-state index in [1.807, 2.05) is 35.7 Å². The second-order valence-corrected chi connectivity index (χ2v) is 9.91. The first-order valence-corrected chi connectivity index (χ1v) is 12.9. The number of hydrogen-bond donors (Lipinski definition) is 3. The van der Waals surface area contributed by atoms with Gasteiger partial charge in [0, 0.05) is 58.8 Å². The second kappa shape index (κ2) is 13.4. The highest BCUT2D eigenvalue weighted by molar-refractivity contribution is 7.59. The molecule has 4 aromatic rings. The Labute approximate surface area is 233 Å². The molecule has 4 N–H and O–H groups in total. The zero-order valence-corrected chi connectivity index (χ0v) is 23.6. The first-order valence-electron chi connectivity index (χ1n) is 12.1. The molecule has 0 unspecified atom stereocenters. The predicted octanol–water partition coefficient (Wildman–Crippen LogP) is 4.57. The van der Waals surface area contributed by atoms with Crippen LogP contribution < -0.4 is 20.5 Å². The van der Waals surface area contributed by atoms with Crippen LogP contribution in [-0.4, -0.2) is 55.6 Å². The van der Waals surface area contributed by atoms with Crippen molar-refractivity contribution in [3.05, 3.63) is 76.1 Å². The smallest absolute Gasteiger partial charge is 0.255 e. The number of methoxy groups -OCH3 is 2. The zero-order chi connectivity index (χ0) is 26.4.